The number of ether oxygens (including phenoxy) is 3. The van der Waals surface area contributed by atoms with Crippen molar-refractivity contribution >= 4 is 11.6 Å². The van der Waals surface area contributed by atoms with Gasteiger partial charge >= 0.3 is 0 Å². The van der Waals surface area contributed by atoms with Crippen molar-refractivity contribution < 1.29 is 19.0 Å². The minimum Gasteiger partial charge on any atom is -0.497 e. The van der Waals surface area contributed by atoms with E-state index in [4.69, 9.17) is 14.2 Å². The highest BCUT2D eigenvalue weighted by Crippen LogP contribution is 2.31. The van der Waals surface area contributed by atoms with E-state index in [1.54, 1.807) is 45.4 Å². The molecule has 24 heavy (non-hydrogen) atoms. The van der Waals surface area contributed by atoms with Crippen LogP contribution in [0.25, 0.3) is 0 Å². The number of methoxy groups -OCH3 is 3. The summed E-state index contributed by atoms with van der Waals surface area (Å²) in [6, 6.07) is 13.2. The van der Waals surface area contributed by atoms with Crippen LogP contribution in [0.15, 0.2) is 42.5 Å². The number of amides is 1. The second kappa shape index (κ2) is 8.24. The number of benzene rings is 2. The van der Waals surface area contributed by atoms with Crippen molar-refractivity contribution in [3.05, 3.63) is 48.0 Å². The average Bonchev–Trinajstić information content (AvgIpc) is 2.65. The monoisotopic (exact) mass is 329 g/mol. The normalized spacial score (nSPS) is 10.2. The molecule has 0 bridgehead atoms. The molecule has 5 nitrogen and oxygen atoms in total. The third-order valence-corrected chi connectivity index (χ3v) is 3.92. The first-order valence-electron chi connectivity index (χ1n) is 7.70. The molecule has 0 saturated carbocycles. The summed E-state index contributed by atoms with van der Waals surface area (Å²) in [7, 11) is 6.56. The maximum atomic E-state index is 12.4. The van der Waals surface area contributed by atoms with Crippen LogP contribution >= 0.6 is 0 Å². The van der Waals surface area contributed by atoms with Gasteiger partial charge in [-0.25, -0.2) is 0 Å². The van der Waals surface area contributed by atoms with E-state index in [0.29, 0.717) is 24.3 Å². The molecule has 2 aromatic rings. The quantitative estimate of drug-likeness (QED) is 0.782. The van der Waals surface area contributed by atoms with Gasteiger partial charge in [0.15, 0.2) is 11.5 Å². The Balaban J connectivity index is 2.00. The molecule has 5 heteroatoms. The molecule has 128 valence electrons. The minimum atomic E-state index is 0.0398. The molecule has 0 atom stereocenters. The van der Waals surface area contributed by atoms with E-state index in [1.165, 1.54) is 0 Å². The molecule has 0 aliphatic rings. The lowest BCUT2D eigenvalue weighted by molar-refractivity contribution is -0.118. The fraction of sp³-hybridized carbons (Fsp3) is 0.316. The maximum Gasteiger partial charge on any atom is 0.227 e. The Morgan fingerprint density at radius 1 is 0.917 bits per heavy atom. The summed E-state index contributed by atoms with van der Waals surface area (Å²) in [6.07, 6.45) is 1.11. The number of carbonyl (C=O) groups is 1. The fourth-order valence-corrected chi connectivity index (χ4v) is 2.39. The fourth-order valence-electron chi connectivity index (χ4n) is 2.39. The van der Waals surface area contributed by atoms with Crippen LogP contribution in [0, 0.1) is 0 Å². The van der Waals surface area contributed by atoms with Crippen LogP contribution in [0.5, 0.6) is 17.2 Å². The first-order chi connectivity index (χ1) is 11.6. The summed E-state index contributed by atoms with van der Waals surface area (Å²) < 4.78 is 15.6. The van der Waals surface area contributed by atoms with Crippen LogP contribution in [0.2, 0.25) is 0 Å². The molecule has 2 aromatic carbocycles. The first kappa shape index (κ1) is 17.7. The molecule has 0 unspecified atom stereocenters. The average molecular weight is 329 g/mol. The Morgan fingerprint density at radius 2 is 1.58 bits per heavy atom. The molecule has 0 saturated heterocycles. The SMILES string of the molecule is COc1ccc(CCC(=O)N(C)c2ccc(OC)c(OC)c2)cc1. The highest BCUT2D eigenvalue weighted by atomic mass is 16.5. The summed E-state index contributed by atoms with van der Waals surface area (Å²) in [5.41, 5.74) is 1.87. The molecule has 1 amide bonds. The number of anilines is 1. The van der Waals surface area contributed by atoms with E-state index in [2.05, 4.69) is 0 Å². The van der Waals surface area contributed by atoms with E-state index < -0.39 is 0 Å². The Morgan fingerprint density at radius 3 is 2.17 bits per heavy atom. The number of aryl methyl sites for hydroxylation is 1. The molecule has 0 N–H and O–H groups in total. The standard InChI is InChI=1S/C19H23NO4/c1-20(15-8-11-17(23-3)18(13-15)24-4)19(21)12-7-14-5-9-16(22-2)10-6-14/h5-6,8-11,13H,7,12H2,1-4H3. The Kier molecular flexibility index (Phi) is 6.07. The number of rotatable bonds is 7. The third-order valence-electron chi connectivity index (χ3n) is 3.92. The molecule has 0 spiro atoms. The van der Waals surface area contributed by atoms with Gasteiger partial charge in [0.2, 0.25) is 5.91 Å². The third kappa shape index (κ3) is 4.19. The van der Waals surface area contributed by atoms with Gasteiger partial charge < -0.3 is 19.1 Å². The van der Waals surface area contributed by atoms with Gasteiger partial charge in [-0.3, -0.25) is 4.79 Å². The second-order valence-corrected chi connectivity index (χ2v) is 5.34. The number of carbonyl (C=O) groups excluding carboxylic acids is 1. The van der Waals surface area contributed by atoms with Crippen molar-refractivity contribution in [3.8, 4) is 17.2 Å². The van der Waals surface area contributed by atoms with Crippen molar-refractivity contribution in [2.45, 2.75) is 12.8 Å². The molecule has 2 rings (SSSR count). The predicted octanol–water partition coefficient (Wildman–Crippen LogP) is 3.31. The maximum absolute atomic E-state index is 12.4. The van der Waals surface area contributed by atoms with E-state index in [0.717, 1.165) is 17.0 Å². The van der Waals surface area contributed by atoms with E-state index in [1.807, 2.05) is 30.3 Å². The van der Waals surface area contributed by atoms with Crippen LogP contribution in [-0.4, -0.2) is 34.3 Å². The molecule has 0 heterocycles. The van der Waals surface area contributed by atoms with E-state index >= 15 is 0 Å². The van der Waals surface area contributed by atoms with Gasteiger partial charge in [0.25, 0.3) is 0 Å². The number of hydrogen-bond donors (Lipinski definition) is 0. The largest absolute Gasteiger partial charge is 0.497 e. The zero-order chi connectivity index (χ0) is 17.5. The van der Waals surface area contributed by atoms with Crippen LogP contribution in [0.4, 0.5) is 5.69 Å². The summed E-state index contributed by atoms with van der Waals surface area (Å²) in [4.78, 5) is 14.1. The zero-order valence-electron chi connectivity index (χ0n) is 14.5. The zero-order valence-corrected chi connectivity index (χ0v) is 14.5. The predicted molar refractivity (Wildman–Crippen MR) is 94.3 cm³/mol. The summed E-state index contributed by atoms with van der Waals surface area (Å²) in [5.74, 6) is 2.09. The molecular formula is C19H23NO4. The van der Waals surface area contributed by atoms with Crippen molar-refractivity contribution in [3.63, 3.8) is 0 Å². The molecule has 0 fully saturated rings. The van der Waals surface area contributed by atoms with Gasteiger partial charge in [0, 0.05) is 25.2 Å². The number of hydrogen-bond acceptors (Lipinski definition) is 4. The van der Waals surface area contributed by atoms with Crippen LogP contribution in [0.1, 0.15) is 12.0 Å². The minimum absolute atomic E-state index is 0.0398. The van der Waals surface area contributed by atoms with Crippen LogP contribution in [-0.2, 0) is 11.2 Å². The Hall–Kier alpha value is -2.69. The Labute approximate surface area is 142 Å². The van der Waals surface area contributed by atoms with Crippen molar-refractivity contribution in [1.29, 1.82) is 0 Å². The molecule has 0 aromatic heterocycles. The molecule has 0 aliphatic carbocycles. The highest BCUT2D eigenvalue weighted by molar-refractivity contribution is 5.93. The van der Waals surface area contributed by atoms with E-state index in [9.17, 15) is 4.79 Å². The lowest BCUT2D eigenvalue weighted by Crippen LogP contribution is -2.26. The summed E-state index contributed by atoms with van der Waals surface area (Å²) >= 11 is 0. The van der Waals surface area contributed by atoms with Crippen molar-refractivity contribution in [2.24, 2.45) is 0 Å². The van der Waals surface area contributed by atoms with Gasteiger partial charge in [-0.2, -0.15) is 0 Å². The topological polar surface area (TPSA) is 48.0 Å². The van der Waals surface area contributed by atoms with Gasteiger partial charge in [0.05, 0.1) is 21.3 Å². The van der Waals surface area contributed by atoms with Gasteiger partial charge in [-0.05, 0) is 36.2 Å². The van der Waals surface area contributed by atoms with Gasteiger partial charge in [0.1, 0.15) is 5.75 Å². The lowest BCUT2D eigenvalue weighted by Gasteiger charge is -2.19. The number of nitrogens with zero attached hydrogens (tertiary/aromatic N) is 1. The Bertz CT molecular complexity index is 682. The summed E-state index contributed by atoms with van der Waals surface area (Å²) in [5, 5.41) is 0. The highest BCUT2D eigenvalue weighted by Gasteiger charge is 2.13. The van der Waals surface area contributed by atoms with Crippen LogP contribution < -0.4 is 19.1 Å². The van der Waals surface area contributed by atoms with Crippen molar-refractivity contribution in [2.75, 3.05) is 33.3 Å². The second-order valence-electron chi connectivity index (χ2n) is 5.34. The van der Waals surface area contributed by atoms with Gasteiger partial charge in [-0.1, -0.05) is 12.1 Å². The van der Waals surface area contributed by atoms with E-state index in [-0.39, 0.29) is 5.91 Å². The molecule has 0 aliphatic heterocycles. The lowest BCUT2D eigenvalue weighted by atomic mass is 10.1. The smallest absolute Gasteiger partial charge is 0.227 e. The van der Waals surface area contributed by atoms with Crippen molar-refractivity contribution in [1.82, 2.24) is 0 Å². The first-order valence-corrected chi connectivity index (χ1v) is 7.70. The summed E-state index contributed by atoms with van der Waals surface area (Å²) in [6.45, 7) is 0. The van der Waals surface area contributed by atoms with Crippen LogP contribution in [0.3, 0.4) is 0 Å². The van der Waals surface area contributed by atoms with Gasteiger partial charge in [-0.15, -0.1) is 0 Å². The molecular weight excluding hydrogens is 306 g/mol. The molecule has 0 radical (unpaired) electrons.